The molecule has 0 N–H and O–H groups in total. The fraction of sp³-hybridized carbons (Fsp3) is 0.519. The van der Waals surface area contributed by atoms with Crippen molar-refractivity contribution in [1.29, 1.82) is 0 Å². The van der Waals surface area contributed by atoms with E-state index >= 15 is 0 Å². The molecule has 2 aromatic carbocycles. The number of hydrogen-bond acceptors (Lipinski definition) is 3. The second-order valence-electron chi connectivity index (χ2n) is 10.9. The number of hydrogen-bond donors (Lipinski definition) is 1. The topological polar surface area (TPSA) is 26.3 Å². The van der Waals surface area contributed by atoms with Gasteiger partial charge in [0.2, 0.25) is 0 Å². The van der Waals surface area contributed by atoms with Crippen molar-refractivity contribution in [2.75, 3.05) is 0 Å². The van der Waals surface area contributed by atoms with E-state index in [0.717, 1.165) is 27.1 Å². The molecule has 0 aromatic heterocycles. The third kappa shape index (κ3) is 5.69. The average Bonchev–Trinajstić information content (AvgIpc) is 2.60. The van der Waals surface area contributed by atoms with Crippen molar-refractivity contribution in [3.63, 3.8) is 0 Å². The maximum absolute atomic E-state index is 13.2. The molecule has 0 aliphatic heterocycles. The summed E-state index contributed by atoms with van der Waals surface area (Å²) in [4.78, 5) is 14.2. The quantitative estimate of drug-likeness (QED) is 0.304. The highest BCUT2D eigenvalue weighted by Crippen LogP contribution is 2.35. The highest BCUT2D eigenvalue weighted by Gasteiger charge is 2.23. The van der Waals surface area contributed by atoms with Crippen LogP contribution >= 0.6 is 12.6 Å². The third-order valence-corrected chi connectivity index (χ3v) is 6.01. The molecule has 0 atom stereocenters. The minimum Gasteiger partial charge on any atom is -0.423 e. The first-order valence-corrected chi connectivity index (χ1v) is 11.3. The van der Waals surface area contributed by atoms with Crippen LogP contribution in [0, 0.1) is 0 Å². The van der Waals surface area contributed by atoms with E-state index in [1.165, 1.54) is 0 Å². The fourth-order valence-corrected chi connectivity index (χ4v) is 4.01. The maximum atomic E-state index is 13.2. The molecule has 0 saturated heterocycles. The smallest absolute Gasteiger partial charge is 0.343 e. The molecule has 0 heterocycles. The Morgan fingerprint density at radius 1 is 0.767 bits per heavy atom. The Balaban J connectivity index is 2.52. The van der Waals surface area contributed by atoms with E-state index in [1.54, 1.807) is 0 Å². The molecular weight excluding hydrogens is 388 g/mol. The zero-order valence-corrected chi connectivity index (χ0v) is 21.2. The zero-order valence-electron chi connectivity index (χ0n) is 20.3. The van der Waals surface area contributed by atoms with Crippen molar-refractivity contribution in [1.82, 2.24) is 0 Å². The van der Waals surface area contributed by atoms with Crippen molar-refractivity contribution in [2.24, 2.45) is 0 Å². The Kier molecular flexibility index (Phi) is 7.18. The molecule has 0 aliphatic rings. The summed E-state index contributed by atoms with van der Waals surface area (Å²) in [5, 5.41) is 0. The Bertz CT molecular complexity index is 864. The first kappa shape index (κ1) is 24.5. The minimum absolute atomic E-state index is 0.0560. The monoisotopic (exact) mass is 426 g/mol. The predicted octanol–water partition coefficient (Wildman–Crippen LogP) is 8.04. The van der Waals surface area contributed by atoms with Crippen LogP contribution in [-0.4, -0.2) is 5.97 Å². The van der Waals surface area contributed by atoms with Gasteiger partial charge in [0.05, 0.1) is 5.56 Å². The van der Waals surface area contributed by atoms with Gasteiger partial charge in [-0.2, -0.15) is 0 Å². The van der Waals surface area contributed by atoms with Gasteiger partial charge in [0.15, 0.2) is 0 Å². The molecule has 0 bridgehead atoms. The van der Waals surface area contributed by atoms with E-state index in [9.17, 15) is 4.79 Å². The summed E-state index contributed by atoms with van der Waals surface area (Å²) >= 11 is 4.75. The summed E-state index contributed by atoms with van der Waals surface area (Å²) in [7, 11) is 0. The average molecular weight is 427 g/mol. The van der Waals surface area contributed by atoms with Crippen molar-refractivity contribution in [2.45, 2.75) is 96.8 Å². The van der Waals surface area contributed by atoms with Gasteiger partial charge < -0.3 is 4.74 Å². The van der Waals surface area contributed by atoms with Crippen LogP contribution in [0.4, 0.5) is 0 Å². The van der Waals surface area contributed by atoms with Gasteiger partial charge in [-0.15, -0.1) is 12.6 Å². The molecule has 2 nitrogen and oxygen atoms in total. The first-order chi connectivity index (χ1) is 13.6. The summed E-state index contributed by atoms with van der Waals surface area (Å²) < 4.78 is 5.90. The van der Waals surface area contributed by atoms with E-state index in [0.29, 0.717) is 23.1 Å². The lowest BCUT2D eigenvalue weighted by Crippen LogP contribution is -2.19. The summed E-state index contributed by atoms with van der Waals surface area (Å²) in [6, 6.07) is 10.1. The molecule has 2 aromatic rings. The van der Waals surface area contributed by atoms with Crippen LogP contribution in [0.25, 0.3) is 0 Å². The molecule has 164 valence electrons. The molecule has 0 aliphatic carbocycles. The van der Waals surface area contributed by atoms with Crippen LogP contribution in [0.3, 0.4) is 0 Å². The van der Waals surface area contributed by atoms with Gasteiger partial charge in [-0.05, 0) is 69.2 Å². The maximum Gasteiger partial charge on any atom is 0.343 e. The van der Waals surface area contributed by atoms with Gasteiger partial charge in [0.1, 0.15) is 5.75 Å². The number of esters is 1. The molecule has 0 unspecified atom stereocenters. The molecule has 2 rings (SSSR count). The van der Waals surface area contributed by atoms with Crippen LogP contribution in [0.15, 0.2) is 35.2 Å². The standard InChI is InChI=1S/C27H38O2S/c1-16(2)22-14-21(15-23(17(3)4)24(22)30)29-25(28)18-11-19(26(5,6)7)13-20(12-18)27(8,9)10/h11-17,30H,1-10H3. The van der Waals surface area contributed by atoms with Crippen LogP contribution in [0.1, 0.15) is 114 Å². The Labute approximate surface area is 188 Å². The lowest BCUT2D eigenvalue weighted by molar-refractivity contribution is 0.0734. The molecule has 0 radical (unpaired) electrons. The summed E-state index contributed by atoms with van der Waals surface area (Å²) in [6.07, 6.45) is 0. The number of ether oxygens (including phenoxy) is 1. The highest BCUT2D eigenvalue weighted by molar-refractivity contribution is 7.80. The second kappa shape index (κ2) is 8.78. The molecule has 3 heteroatoms. The second-order valence-corrected chi connectivity index (χ2v) is 11.4. The SMILES string of the molecule is CC(C)c1cc(OC(=O)c2cc(C(C)(C)C)cc(C(C)(C)C)c2)cc(C(C)C)c1S. The van der Waals surface area contributed by atoms with Crippen LogP contribution in [-0.2, 0) is 10.8 Å². The van der Waals surface area contributed by atoms with Crippen molar-refractivity contribution in [3.05, 3.63) is 58.1 Å². The predicted molar refractivity (Wildman–Crippen MR) is 131 cm³/mol. The van der Waals surface area contributed by atoms with E-state index in [2.05, 4.69) is 75.3 Å². The van der Waals surface area contributed by atoms with Gasteiger partial charge >= 0.3 is 5.97 Å². The number of carbonyl (C=O) groups is 1. The van der Waals surface area contributed by atoms with Gasteiger partial charge in [0.25, 0.3) is 0 Å². The molecule has 0 fully saturated rings. The molecule has 0 saturated carbocycles. The van der Waals surface area contributed by atoms with Gasteiger partial charge in [-0.25, -0.2) is 4.79 Å². The summed E-state index contributed by atoms with van der Waals surface area (Å²) in [5.74, 6) is 0.863. The highest BCUT2D eigenvalue weighted by atomic mass is 32.1. The Morgan fingerprint density at radius 2 is 1.17 bits per heavy atom. The lowest BCUT2D eigenvalue weighted by Gasteiger charge is -2.26. The van der Waals surface area contributed by atoms with Crippen LogP contribution < -0.4 is 4.74 Å². The minimum atomic E-state index is -0.317. The van der Waals surface area contributed by atoms with Gasteiger partial charge in [-0.3, -0.25) is 0 Å². The van der Waals surface area contributed by atoms with Gasteiger partial charge in [0, 0.05) is 4.90 Å². The first-order valence-electron chi connectivity index (χ1n) is 10.9. The van der Waals surface area contributed by atoms with E-state index in [4.69, 9.17) is 17.4 Å². The molecule has 0 amide bonds. The third-order valence-electron chi connectivity index (χ3n) is 5.50. The van der Waals surface area contributed by atoms with Crippen LogP contribution in [0.2, 0.25) is 0 Å². The van der Waals surface area contributed by atoms with E-state index in [-0.39, 0.29) is 16.8 Å². The summed E-state index contributed by atoms with van der Waals surface area (Å²) in [6.45, 7) is 21.5. The van der Waals surface area contributed by atoms with E-state index < -0.39 is 0 Å². The molecule has 30 heavy (non-hydrogen) atoms. The van der Waals surface area contributed by atoms with Crippen molar-refractivity contribution in [3.8, 4) is 5.75 Å². The lowest BCUT2D eigenvalue weighted by atomic mass is 9.79. The fourth-order valence-electron chi connectivity index (χ4n) is 3.37. The van der Waals surface area contributed by atoms with Crippen molar-refractivity contribution < 1.29 is 9.53 Å². The molecular formula is C27H38O2S. The van der Waals surface area contributed by atoms with Crippen LogP contribution in [0.5, 0.6) is 5.75 Å². The Hall–Kier alpha value is -1.74. The Morgan fingerprint density at radius 3 is 1.50 bits per heavy atom. The zero-order chi connectivity index (χ0) is 23.0. The largest absolute Gasteiger partial charge is 0.423 e. The number of rotatable bonds is 4. The molecule has 0 spiro atoms. The van der Waals surface area contributed by atoms with Gasteiger partial charge in [-0.1, -0.05) is 75.3 Å². The number of thiol groups is 1. The number of carbonyl (C=O) groups excluding carboxylic acids is 1. The normalized spacial score (nSPS) is 12.6. The summed E-state index contributed by atoms with van der Waals surface area (Å²) in [5.41, 5.74) is 4.97. The van der Waals surface area contributed by atoms with Crippen molar-refractivity contribution >= 4 is 18.6 Å². The van der Waals surface area contributed by atoms with E-state index in [1.807, 2.05) is 24.3 Å². The number of benzene rings is 2.